The van der Waals surface area contributed by atoms with Crippen LogP contribution in [0.2, 0.25) is 0 Å². The fraction of sp³-hybridized carbons (Fsp3) is 0. The maximum absolute atomic E-state index is 12.1. The van der Waals surface area contributed by atoms with Gasteiger partial charge in [0.1, 0.15) is 0 Å². The minimum absolute atomic E-state index is 0.0576. The van der Waals surface area contributed by atoms with E-state index < -0.39 is 27.1 Å². The minimum atomic E-state index is -0.903. The summed E-state index contributed by atoms with van der Waals surface area (Å²) in [4.78, 5) is 32.1. The van der Waals surface area contributed by atoms with Crippen LogP contribution in [-0.4, -0.2) is 31.1 Å². The number of non-ortho nitro benzene ring substituents is 2. The fourth-order valence-corrected chi connectivity index (χ4v) is 1.81. The number of nitro benzene ring substituents is 2. The molecule has 0 aliphatic heterocycles. The number of hydrogen-bond acceptors (Lipinski definition) is 10. The van der Waals surface area contributed by atoms with Crippen LogP contribution >= 0.6 is 0 Å². The lowest BCUT2D eigenvalue weighted by Gasteiger charge is -2.01. The molecule has 0 aliphatic rings. The van der Waals surface area contributed by atoms with Crippen molar-refractivity contribution in [1.29, 1.82) is 0 Å². The average molecular weight is 346 g/mol. The van der Waals surface area contributed by atoms with Gasteiger partial charge in [0.05, 0.1) is 27.7 Å². The maximum Gasteiger partial charge on any atom is 0.322 e. The van der Waals surface area contributed by atoms with Gasteiger partial charge in [0.25, 0.3) is 23.2 Å². The number of carbonyl (C=O) groups is 1. The molecular weight excluding hydrogens is 340 g/mol. The molecule has 2 heterocycles. The van der Waals surface area contributed by atoms with Crippen LogP contribution in [0.1, 0.15) is 10.4 Å². The summed E-state index contributed by atoms with van der Waals surface area (Å²) in [5.74, 6) is -0.795. The molecule has 0 spiro atoms. The molecule has 0 unspecified atom stereocenters. The van der Waals surface area contributed by atoms with Gasteiger partial charge in [-0.3, -0.25) is 30.3 Å². The van der Waals surface area contributed by atoms with Crippen molar-refractivity contribution in [3.8, 4) is 11.7 Å². The minimum Gasteiger partial charge on any atom is -0.400 e. The largest absolute Gasteiger partial charge is 0.400 e. The van der Waals surface area contributed by atoms with Gasteiger partial charge in [-0.2, -0.15) is 0 Å². The molecule has 13 heteroatoms. The zero-order chi connectivity index (χ0) is 18.0. The Morgan fingerprint density at radius 3 is 2.32 bits per heavy atom. The molecule has 0 radical (unpaired) electrons. The Hall–Kier alpha value is -4.16. The first-order valence-electron chi connectivity index (χ1n) is 6.44. The summed E-state index contributed by atoms with van der Waals surface area (Å²) in [7, 11) is 0. The van der Waals surface area contributed by atoms with Gasteiger partial charge in [-0.05, 0) is 0 Å². The SMILES string of the molecule is O=C(Nc1nnc(-c2ccno2)o1)c1cc([N+](=O)[O-])cc([N+](=O)[O-])c1. The predicted molar refractivity (Wildman–Crippen MR) is 77.5 cm³/mol. The number of nitrogens with zero attached hydrogens (tertiary/aromatic N) is 5. The fourth-order valence-electron chi connectivity index (χ4n) is 1.81. The summed E-state index contributed by atoms with van der Waals surface area (Å²) in [5, 5.41) is 34.5. The van der Waals surface area contributed by atoms with Gasteiger partial charge in [0.15, 0.2) is 0 Å². The quantitative estimate of drug-likeness (QED) is 0.528. The Kier molecular flexibility index (Phi) is 3.87. The van der Waals surface area contributed by atoms with E-state index in [2.05, 4.69) is 20.7 Å². The van der Waals surface area contributed by atoms with E-state index >= 15 is 0 Å². The number of carbonyl (C=O) groups excluding carboxylic acids is 1. The first kappa shape index (κ1) is 15.7. The standard InChI is InChI=1S/C12H6N6O7/c19-10(6-3-7(17(20)21)5-8(4-6)18(22)23)14-12-16-15-11(24-12)9-1-2-13-25-9/h1-5H,(H,14,16,19). The number of aromatic nitrogens is 3. The van der Waals surface area contributed by atoms with Gasteiger partial charge < -0.3 is 8.94 Å². The summed E-state index contributed by atoms with van der Waals surface area (Å²) in [6.45, 7) is 0. The smallest absolute Gasteiger partial charge is 0.322 e. The van der Waals surface area contributed by atoms with Crippen LogP contribution in [0.3, 0.4) is 0 Å². The average Bonchev–Trinajstić information content (AvgIpc) is 3.25. The van der Waals surface area contributed by atoms with E-state index in [9.17, 15) is 25.0 Å². The Morgan fingerprint density at radius 2 is 1.76 bits per heavy atom. The van der Waals surface area contributed by atoms with E-state index in [4.69, 9.17) is 8.94 Å². The van der Waals surface area contributed by atoms with Crippen LogP contribution < -0.4 is 5.32 Å². The molecule has 1 N–H and O–H groups in total. The third kappa shape index (κ3) is 3.29. The first-order chi connectivity index (χ1) is 11.9. The number of nitro groups is 2. The van der Waals surface area contributed by atoms with Gasteiger partial charge in [0, 0.05) is 18.2 Å². The number of benzene rings is 1. The molecule has 0 saturated heterocycles. The van der Waals surface area contributed by atoms with Crippen LogP contribution in [0.5, 0.6) is 0 Å². The molecule has 0 fully saturated rings. The Morgan fingerprint density at radius 1 is 1.08 bits per heavy atom. The van der Waals surface area contributed by atoms with Crippen molar-refractivity contribution in [3.63, 3.8) is 0 Å². The molecule has 126 valence electrons. The van der Waals surface area contributed by atoms with Crippen LogP contribution in [0.15, 0.2) is 39.4 Å². The number of hydrogen-bond donors (Lipinski definition) is 1. The van der Waals surface area contributed by atoms with E-state index in [-0.39, 0.29) is 23.2 Å². The van der Waals surface area contributed by atoms with Crippen LogP contribution in [0.4, 0.5) is 17.4 Å². The lowest BCUT2D eigenvalue weighted by atomic mass is 10.1. The highest BCUT2D eigenvalue weighted by molar-refractivity contribution is 6.04. The molecular formula is C12H6N6O7. The van der Waals surface area contributed by atoms with Crippen molar-refractivity contribution >= 4 is 23.3 Å². The topological polar surface area (TPSA) is 180 Å². The van der Waals surface area contributed by atoms with Crippen molar-refractivity contribution in [3.05, 3.63) is 56.3 Å². The summed E-state index contributed by atoms with van der Waals surface area (Å²) in [6, 6.07) is 3.63. The van der Waals surface area contributed by atoms with E-state index in [1.165, 1.54) is 12.3 Å². The highest BCUT2D eigenvalue weighted by atomic mass is 16.6. The van der Waals surface area contributed by atoms with Crippen molar-refractivity contribution in [2.45, 2.75) is 0 Å². The number of nitrogens with one attached hydrogen (secondary N) is 1. The number of rotatable bonds is 5. The van der Waals surface area contributed by atoms with Crippen molar-refractivity contribution in [1.82, 2.24) is 15.4 Å². The number of anilines is 1. The van der Waals surface area contributed by atoms with Gasteiger partial charge in [0.2, 0.25) is 5.76 Å². The Balaban J connectivity index is 1.86. The third-order valence-corrected chi connectivity index (χ3v) is 2.88. The highest BCUT2D eigenvalue weighted by Crippen LogP contribution is 2.24. The second-order valence-corrected chi connectivity index (χ2v) is 4.50. The first-order valence-corrected chi connectivity index (χ1v) is 6.44. The molecule has 13 nitrogen and oxygen atoms in total. The second-order valence-electron chi connectivity index (χ2n) is 4.50. The monoisotopic (exact) mass is 346 g/mol. The lowest BCUT2D eigenvalue weighted by molar-refractivity contribution is -0.394. The van der Waals surface area contributed by atoms with E-state index in [1.54, 1.807) is 0 Å². The molecule has 0 atom stereocenters. The predicted octanol–water partition coefficient (Wildman–Crippen LogP) is 1.79. The van der Waals surface area contributed by atoms with E-state index in [0.29, 0.717) is 0 Å². The molecule has 0 saturated carbocycles. The second kappa shape index (κ2) is 6.15. The molecule has 3 aromatic rings. The normalized spacial score (nSPS) is 10.4. The van der Waals surface area contributed by atoms with E-state index in [1.807, 2.05) is 0 Å². The molecule has 1 amide bonds. The Bertz CT molecular complexity index is 932. The van der Waals surface area contributed by atoms with Gasteiger partial charge >= 0.3 is 6.01 Å². The van der Waals surface area contributed by atoms with E-state index in [0.717, 1.165) is 18.2 Å². The molecule has 25 heavy (non-hydrogen) atoms. The third-order valence-electron chi connectivity index (χ3n) is 2.88. The highest BCUT2D eigenvalue weighted by Gasteiger charge is 2.21. The van der Waals surface area contributed by atoms with Crippen LogP contribution in [0.25, 0.3) is 11.7 Å². The van der Waals surface area contributed by atoms with Crippen molar-refractivity contribution in [2.24, 2.45) is 0 Å². The summed E-state index contributed by atoms with van der Waals surface area (Å²) in [6.07, 6.45) is 1.35. The van der Waals surface area contributed by atoms with Gasteiger partial charge in [-0.1, -0.05) is 10.3 Å². The van der Waals surface area contributed by atoms with Crippen LogP contribution in [-0.2, 0) is 0 Å². The Labute approximate surface area is 136 Å². The molecule has 3 rings (SSSR count). The zero-order valence-corrected chi connectivity index (χ0v) is 12.0. The summed E-state index contributed by atoms with van der Waals surface area (Å²) in [5.41, 5.74) is -1.53. The molecule has 0 aliphatic carbocycles. The van der Waals surface area contributed by atoms with Gasteiger partial charge in [-0.25, -0.2) is 0 Å². The summed E-state index contributed by atoms with van der Waals surface area (Å²) >= 11 is 0. The zero-order valence-electron chi connectivity index (χ0n) is 12.0. The molecule has 1 aromatic carbocycles. The van der Waals surface area contributed by atoms with Crippen molar-refractivity contribution in [2.75, 3.05) is 5.32 Å². The lowest BCUT2D eigenvalue weighted by Crippen LogP contribution is -2.13. The maximum atomic E-state index is 12.1. The molecule has 0 bridgehead atoms. The van der Waals surface area contributed by atoms with Crippen molar-refractivity contribution < 1.29 is 23.6 Å². The summed E-state index contributed by atoms with van der Waals surface area (Å²) < 4.78 is 9.92. The number of amides is 1. The van der Waals surface area contributed by atoms with Gasteiger partial charge in [-0.15, -0.1) is 5.10 Å². The molecule has 2 aromatic heterocycles. The van der Waals surface area contributed by atoms with Crippen LogP contribution in [0, 0.1) is 20.2 Å².